The van der Waals surface area contributed by atoms with Crippen molar-refractivity contribution in [3.05, 3.63) is 0 Å². The zero-order chi connectivity index (χ0) is 12.8. The molecule has 0 aromatic rings. The number of carboxylic acid groups (broad SMARTS) is 1. The second kappa shape index (κ2) is 6.44. The molecule has 1 aliphatic heterocycles. The van der Waals surface area contributed by atoms with Gasteiger partial charge in [-0.15, -0.1) is 0 Å². The van der Waals surface area contributed by atoms with Crippen molar-refractivity contribution in [3.8, 4) is 0 Å². The van der Waals surface area contributed by atoms with Gasteiger partial charge in [-0.3, -0.25) is 0 Å². The average molecular weight is 244 g/mol. The number of carbonyl (C=O) groups is 2. The maximum Gasteiger partial charge on any atom is 0.326 e. The van der Waals surface area contributed by atoms with Crippen molar-refractivity contribution >= 4 is 12.0 Å². The van der Waals surface area contributed by atoms with Gasteiger partial charge in [-0.2, -0.15) is 0 Å². The van der Waals surface area contributed by atoms with Crippen LogP contribution < -0.4 is 5.32 Å². The number of amides is 2. The Labute approximate surface area is 101 Å². The first-order valence-electron chi connectivity index (χ1n) is 5.93. The molecular formula is C11H20N2O4. The van der Waals surface area contributed by atoms with Crippen LogP contribution in [-0.2, 0) is 9.53 Å². The van der Waals surface area contributed by atoms with Gasteiger partial charge in [-0.1, -0.05) is 6.92 Å². The summed E-state index contributed by atoms with van der Waals surface area (Å²) in [6.07, 6.45) is 0.732. The number of aliphatic carboxylic acids is 1. The van der Waals surface area contributed by atoms with Gasteiger partial charge >= 0.3 is 12.0 Å². The molecule has 1 fully saturated rings. The Morgan fingerprint density at radius 3 is 2.82 bits per heavy atom. The fourth-order valence-electron chi connectivity index (χ4n) is 2.03. The largest absolute Gasteiger partial charge is 0.480 e. The van der Waals surface area contributed by atoms with Crippen LogP contribution in [0.15, 0.2) is 0 Å². The molecule has 6 nitrogen and oxygen atoms in total. The summed E-state index contributed by atoms with van der Waals surface area (Å²) in [6.45, 7) is 5.69. The highest BCUT2D eigenvalue weighted by Gasteiger charge is 2.39. The quantitative estimate of drug-likeness (QED) is 0.691. The van der Waals surface area contributed by atoms with Crippen molar-refractivity contribution in [1.82, 2.24) is 10.2 Å². The molecule has 0 radical (unpaired) electrons. The summed E-state index contributed by atoms with van der Waals surface area (Å²) in [6, 6.07) is -1.02. The third-order valence-electron chi connectivity index (χ3n) is 2.94. The predicted molar refractivity (Wildman–Crippen MR) is 61.8 cm³/mol. The fourth-order valence-corrected chi connectivity index (χ4v) is 2.03. The third kappa shape index (κ3) is 3.59. The van der Waals surface area contributed by atoms with Gasteiger partial charge in [0.05, 0.1) is 6.61 Å². The standard InChI is InChI=1S/C11H20N2O4/c1-3-17-7-5-12-11(16)13-6-4-8(2)9(13)10(14)15/h8-9H,3-7H2,1-2H3,(H,12,16)(H,14,15). The van der Waals surface area contributed by atoms with Crippen LogP contribution in [0.2, 0.25) is 0 Å². The van der Waals surface area contributed by atoms with Gasteiger partial charge in [0.25, 0.3) is 0 Å². The lowest BCUT2D eigenvalue weighted by atomic mass is 10.0. The number of likely N-dealkylation sites (tertiary alicyclic amines) is 1. The molecule has 0 spiro atoms. The van der Waals surface area contributed by atoms with Crippen molar-refractivity contribution in [1.29, 1.82) is 0 Å². The number of nitrogens with one attached hydrogen (secondary N) is 1. The molecule has 1 aliphatic rings. The van der Waals surface area contributed by atoms with Gasteiger partial charge in [0.15, 0.2) is 0 Å². The molecule has 17 heavy (non-hydrogen) atoms. The molecular weight excluding hydrogens is 224 g/mol. The van der Waals surface area contributed by atoms with Crippen LogP contribution in [0, 0.1) is 5.92 Å². The Morgan fingerprint density at radius 2 is 2.24 bits per heavy atom. The molecule has 0 saturated carbocycles. The van der Waals surface area contributed by atoms with Crippen molar-refractivity contribution < 1.29 is 19.4 Å². The van der Waals surface area contributed by atoms with E-state index in [0.29, 0.717) is 26.3 Å². The number of hydrogen-bond acceptors (Lipinski definition) is 3. The molecule has 2 atom stereocenters. The van der Waals surface area contributed by atoms with Crippen LogP contribution in [0.5, 0.6) is 0 Å². The number of nitrogens with zero attached hydrogens (tertiary/aromatic N) is 1. The van der Waals surface area contributed by atoms with Gasteiger partial charge in [-0.25, -0.2) is 9.59 Å². The van der Waals surface area contributed by atoms with E-state index in [4.69, 9.17) is 9.84 Å². The Hall–Kier alpha value is -1.30. The molecule has 0 bridgehead atoms. The molecule has 2 unspecified atom stereocenters. The Bertz CT molecular complexity index is 283. The second-order valence-electron chi connectivity index (χ2n) is 4.17. The maximum atomic E-state index is 11.8. The summed E-state index contributed by atoms with van der Waals surface area (Å²) >= 11 is 0. The zero-order valence-electron chi connectivity index (χ0n) is 10.3. The minimum atomic E-state index is -0.935. The van der Waals surface area contributed by atoms with Crippen LogP contribution in [0.1, 0.15) is 20.3 Å². The molecule has 1 rings (SSSR count). The van der Waals surface area contributed by atoms with Crippen molar-refractivity contribution in [2.24, 2.45) is 5.92 Å². The molecule has 1 heterocycles. The monoisotopic (exact) mass is 244 g/mol. The second-order valence-corrected chi connectivity index (χ2v) is 4.17. The van der Waals surface area contributed by atoms with E-state index in [-0.39, 0.29) is 11.9 Å². The first-order valence-corrected chi connectivity index (χ1v) is 5.93. The number of urea groups is 1. The third-order valence-corrected chi connectivity index (χ3v) is 2.94. The van der Waals surface area contributed by atoms with Crippen LogP contribution in [0.25, 0.3) is 0 Å². The topological polar surface area (TPSA) is 78.9 Å². The normalized spacial score (nSPS) is 23.8. The Kier molecular flexibility index (Phi) is 5.21. The highest BCUT2D eigenvalue weighted by atomic mass is 16.5. The molecule has 0 aromatic heterocycles. The number of carboxylic acids is 1. The van der Waals surface area contributed by atoms with Gasteiger partial charge in [0.2, 0.25) is 0 Å². The lowest BCUT2D eigenvalue weighted by Crippen LogP contribution is -2.48. The van der Waals surface area contributed by atoms with Crippen LogP contribution in [-0.4, -0.2) is 54.4 Å². The van der Waals surface area contributed by atoms with E-state index in [0.717, 1.165) is 6.42 Å². The van der Waals surface area contributed by atoms with Crippen LogP contribution in [0.3, 0.4) is 0 Å². The number of hydrogen-bond donors (Lipinski definition) is 2. The lowest BCUT2D eigenvalue weighted by molar-refractivity contribution is -0.142. The molecule has 6 heteroatoms. The molecule has 2 N–H and O–H groups in total. The summed E-state index contributed by atoms with van der Waals surface area (Å²) in [5, 5.41) is 11.7. The summed E-state index contributed by atoms with van der Waals surface area (Å²) in [5.41, 5.74) is 0. The minimum Gasteiger partial charge on any atom is -0.480 e. The maximum absolute atomic E-state index is 11.8. The smallest absolute Gasteiger partial charge is 0.326 e. The fraction of sp³-hybridized carbons (Fsp3) is 0.818. The van der Waals surface area contributed by atoms with Gasteiger partial charge in [0, 0.05) is 19.7 Å². The lowest BCUT2D eigenvalue weighted by Gasteiger charge is -2.23. The van der Waals surface area contributed by atoms with Crippen LogP contribution in [0.4, 0.5) is 4.79 Å². The summed E-state index contributed by atoms with van der Waals surface area (Å²) in [7, 11) is 0. The van der Waals surface area contributed by atoms with E-state index in [1.54, 1.807) is 0 Å². The van der Waals surface area contributed by atoms with Gasteiger partial charge < -0.3 is 20.1 Å². The van der Waals surface area contributed by atoms with E-state index in [1.807, 2.05) is 13.8 Å². The Morgan fingerprint density at radius 1 is 1.53 bits per heavy atom. The SMILES string of the molecule is CCOCCNC(=O)N1CCC(C)C1C(=O)O. The zero-order valence-corrected chi connectivity index (χ0v) is 10.3. The molecule has 98 valence electrons. The van der Waals surface area contributed by atoms with Gasteiger partial charge in [-0.05, 0) is 19.3 Å². The van der Waals surface area contributed by atoms with Crippen LogP contribution >= 0.6 is 0 Å². The molecule has 0 aromatic carbocycles. The minimum absolute atomic E-state index is 0.00476. The van der Waals surface area contributed by atoms with Crippen molar-refractivity contribution in [2.75, 3.05) is 26.3 Å². The molecule has 1 saturated heterocycles. The van der Waals surface area contributed by atoms with E-state index in [1.165, 1.54) is 4.90 Å². The number of rotatable bonds is 5. The van der Waals surface area contributed by atoms with E-state index >= 15 is 0 Å². The first-order chi connectivity index (χ1) is 8.07. The predicted octanol–water partition coefficient (Wildman–Crippen LogP) is 0.527. The van der Waals surface area contributed by atoms with E-state index in [9.17, 15) is 9.59 Å². The summed E-state index contributed by atoms with van der Waals surface area (Å²) in [5.74, 6) is -0.930. The van der Waals surface area contributed by atoms with Gasteiger partial charge in [0.1, 0.15) is 6.04 Å². The molecule has 2 amide bonds. The summed E-state index contributed by atoms with van der Waals surface area (Å²) in [4.78, 5) is 24.2. The number of carbonyl (C=O) groups excluding carboxylic acids is 1. The van der Waals surface area contributed by atoms with Crippen molar-refractivity contribution in [3.63, 3.8) is 0 Å². The van der Waals surface area contributed by atoms with Crippen molar-refractivity contribution in [2.45, 2.75) is 26.3 Å². The average Bonchev–Trinajstić information content (AvgIpc) is 2.66. The van der Waals surface area contributed by atoms with E-state index < -0.39 is 12.0 Å². The number of ether oxygens (including phenoxy) is 1. The highest BCUT2D eigenvalue weighted by Crippen LogP contribution is 2.23. The molecule has 0 aliphatic carbocycles. The summed E-state index contributed by atoms with van der Waals surface area (Å²) < 4.78 is 5.09. The van der Waals surface area contributed by atoms with E-state index in [2.05, 4.69) is 5.32 Å². The Balaban J connectivity index is 2.42. The highest BCUT2D eigenvalue weighted by molar-refractivity contribution is 5.83. The first kappa shape index (κ1) is 13.8.